The molecule has 0 aliphatic rings. The maximum Gasteiger partial charge on any atom is 0.275 e. The molecule has 0 radical (unpaired) electrons. The van der Waals surface area contributed by atoms with Crippen LogP contribution in [-0.2, 0) is 17.9 Å². The number of carbonyl (C=O) groups is 1. The zero-order valence-electron chi connectivity index (χ0n) is 14.9. The minimum Gasteiger partial charge on any atom is -0.489 e. The molecule has 0 saturated carbocycles. The van der Waals surface area contributed by atoms with E-state index in [4.69, 9.17) is 9.94 Å². The van der Waals surface area contributed by atoms with Gasteiger partial charge in [0.15, 0.2) is 5.71 Å². The second-order valence-corrected chi connectivity index (χ2v) is 5.91. The van der Waals surface area contributed by atoms with Crippen LogP contribution >= 0.6 is 0 Å². The number of nitrogens with zero attached hydrogens (tertiary/aromatic N) is 2. The summed E-state index contributed by atoms with van der Waals surface area (Å²) in [4.78, 5) is 16.2. The van der Waals surface area contributed by atoms with E-state index in [2.05, 4.69) is 15.5 Å². The van der Waals surface area contributed by atoms with Crippen LogP contribution in [0.4, 0.5) is 4.39 Å². The Bertz CT molecular complexity index is 960. The number of hydrogen-bond acceptors (Lipinski definition) is 5. The van der Waals surface area contributed by atoms with E-state index in [0.717, 1.165) is 11.1 Å². The van der Waals surface area contributed by atoms with Crippen LogP contribution in [-0.4, -0.2) is 21.8 Å². The summed E-state index contributed by atoms with van der Waals surface area (Å²) < 4.78 is 18.8. The molecule has 1 heterocycles. The van der Waals surface area contributed by atoms with Gasteiger partial charge in [0.25, 0.3) is 5.91 Å². The fourth-order valence-electron chi connectivity index (χ4n) is 2.48. The monoisotopic (exact) mass is 379 g/mol. The molecular weight excluding hydrogens is 361 g/mol. The largest absolute Gasteiger partial charge is 0.489 e. The second-order valence-electron chi connectivity index (χ2n) is 5.91. The predicted molar refractivity (Wildman–Crippen MR) is 102 cm³/mol. The van der Waals surface area contributed by atoms with Gasteiger partial charge in [0.1, 0.15) is 18.2 Å². The molecule has 0 bridgehead atoms. The van der Waals surface area contributed by atoms with Gasteiger partial charge < -0.3 is 15.3 Å². The summed E-state index contributed by atoms with van der Waals surface area (Å²) in [7, 11) is 0. The molecule has 0 spiro atoms. The SMILES string of the molecule is O=C(NCc1ccc(OCc2cccc(F)c2)cc1)/C(=N\O)c1ccccn1. The molecule has 0 aliphatic carbocycles. The van der Waals surface area contributed by atoms with Crippen LogP contribution in [0.2, 0.25) is 0 Å². The van der Waals surface area contributed by atoms with Gasteiger partial charge in [-0.15, -0.1) is 0 Å². The van der Waals surface area contributed by atoms with Crippen LogP contribution in [0, 0.1) is 5.82 Å². The first-order chi connectivity index (χ1) is 13.7. The molecule has 0 unspecified atom stereocenters. The molecule has 0 saturated heterocycles. The van der Waals surface area contributed by atoms with E-state index >= 15 is 0 Å². The van der Waals surface area contributed by atoms with Gasteiger partial charge in [0.2, 0.25) is 0 Å². The molecule has 3 aromatic rings. The number of nitrogens with one attached hydrogen (secondary N) is 1. The molecule has 2 N–H and O–H groups in total. The van der Waals surface area contributed by atoms with Gasteiger partial charge in [-0.05, 0) is 47.5 Å². The van der Waals surface area contributed by atoms with E-state index in [-0.39, 0.29) is 30.4 Å². The summed E-state index contributed by atoms with van der Waals surface area (Å²) in [6, 6.07) is 18.3. The second kappa shape index (κ2) is 9.27. The number of ether oxygens (including phenoxy) is 1. The van der Waals surface area contributed by atoms with E-state index in [1.165, 1.54) is 18.3 Å². The lowest BCUT2D eigenvalue weighted by Crippen LogP contribution is -2.31. The van der Waals surface area contributed by atoms with E-state index in [1.54, 1.807) is 54.6 Å². The Labute approximate surface area is 161 Å². The topological polar surface area (TPSA) is 83.8 Å². The third kappa shape index (κ3) is 5.14. The van der Waals surface area contributed by atoms with Crippen molar-refractivity contribution in [3.8, 4) is 5.75 Å². The normalized spacial score (nSPS) is 11.1. The Kier molecular flexibility index (Phi) is 6.30. The maximum absolute atomic E-state index is 13.2. The van der Waals surface area contributed by atoms with Crippen LogP contribution in [0.5, 0.6) is 5.75 Å². The van der Waals surface area contributed by atoms with Crippen molar-refractivity contribution in [3.63, 3.8) is 0 Å². The first kappa shape index (κ1) is 19.0. The van der Waals surface area contributed by atoms with E-state index < -0.39 is 5.91 Å². The van der Waals surface area contributed by atoms with Crippen LogP contribution in [0.1, 0.15) is 16.8 Å². The maximum atomic E-state index is 13.2. The minimum absolute atomic E-state index is 0.157. The van der Waals surface area contributed by atoms with Gasteiger partial charge in [0.05, 0.1) is 5.69 Å². The summed E-state index contributed by atoms with van der Waals surface area (Å²) in [6.45, 7) is 0.503. The first-order valence-electron chi connectivity index (χ1n) is 8.53. The smallest absolute Gasteiger partial charge is 0.275 e. The molecular formula is C21H18FN3O3. The fourth-order valence-corrected chi connectivity index (χ4v) is 2.48. The third-order valence-electron chi connectivity index (χ3n) is 3.89. The van der Waals surface area contributed by atoms with Gasteiger partial charge in [0, 0.05) is 12.7 Å². The quantitative estimate of drug-likeness (QED) is 0.375. The molecule has 0 aliphatic heterocycles. The van der Waals surface area contributed by atoms with Crippen molar-refractivity contribution < 1.29 is 19.1 Å². The van der Waals surface area contributed by atoms with Crippen molar-refractivity contribution in [1.82, 2.24) is 10.3 Å². The highest BCUT2D eigenvalue weighted by molar-refractivity contribution is 6.44. The zero-order chi connectivity index (χ0) is 19.8. The number of pyridine rings is 1. The van der Waals surface area contributed by atoms with E-state index in [0.29, 0.717) is 5.75 Å². The Morgan fingerprint density at radius 1 is 1.07 bits per heavy atom. The van der Waals surface area contributed by atoms with Crippen LogP contribution < -0.4 is 10.1 Å². The number of oxime groups is 1. The average molecular weight is 379 g/mol. The van der Waals surface area contributed by atoms with Gasteiger partial charge in [-0.3, -0.25) is 9.78 Å². The first-order valence-corrected chi connectivity index (χ1v) is 8.53. The molecule has 7 heteroatoms. The molecule has 1 amide bonds. The van der Waals surface area contributed by atoms with Crippen molar-refractivity contribution in [2.24, 2.45) is 5.16 Å². The predicted octanol–water partition coefficient (Wildman–Crippen LogP) is 3.29. The summed E-state index contributed by atoms with van der Waals surface area (Å²) in [5.74, 6) is -0.207. The highest BCUT2D eigenvalue weighted by atomic mass is 19.1. The zero-order valence-corrected chi connectivity index (χ0v) is 14.9. The highest BCUT2D eigenvalue weighted by Gasteiger charge is 2.15. The Morgan fingerprint density at radius 2 is 1.89 bits per heavy atom. The molecule has 3 rings (SSSR count). The lowest BCUT2D eigenvalue weighted by molar-refractivity contribution is -0.115. The molecule has 0 fully saturated rings. The van der Waals surface area contributed by atoms with Crippen LogP contribution in [0.25, 0.3) is 0 Å². The number of hydrogen-bond donors (Lipinski definition) is 2. The average Bonchev–Trinajstić information content (AvgIpc) is 2.73. The standard InChI is InChI=1S/C21H18FN3O3/c22-17-5-3-4-16(12-17)14-28-18-9-7-15(8-10-18)13-24-21(26)20(25-27)19-6-1-2-11-23-19/h1-12,27H,13-14H2,(H,24,26)/b25-20-. The Morgan fingerprint density at radius 3 is 2.57 bits per heavy atom. The van der Waals surface area contributed by atoms with Crippen LogP contribution in [0.15, 0.2) is 78.1 Å². The Hall–Kier alpha value is -3.74. The number of halogens is 1. The fraction of sp³-hybridized carbons (Fsp3) is 0.0952. The number of benzene rings is 2. The molecule has 28 heavy (non-hydrogen) atoms. The number of aromatic nitrogens is 1. The summed E-state index contributed by atoms with van der Waals surface area (Å²) >= 11 is 0. The molecule has 142 valence electrons. The van der Waals surface area contributed by atoms with Gasteiger partial charge >= 0.3 is 0 Å². The van der Waals surface area contributed by atoms with Crippen molar-refractivity contribution in [2.45, 2.75) is 13.2 Å². The minimum atomic E-state index is -0.535. The number of rotatable bonds is 7. The van der Waals surface area contributed by atoms with Gasteiger partial charge in [-0.2, -0.15) is 0 Å². The van der Waals surface area contributed by atoms with Crippen molar-refractivity contribution >= 4 is 11.6 Å². The van der Waals surface area contributed by atoms with Crippen molar-refractivity contribution in [3.05, 3.63) is 95.6 Å². The van der Waals surface area contributed by atoms with Crippen molar-refractivity contribution in [1.29, 1.82) is 0 Å². The van der Waals surface area contributed by atoms with Gasteiger partial charge in [-0.25, -0.2) is 4.39 Å². The van der Waals surface area contributed by atoms with E-state index in [1.807, 2.05) is 0 Å². The number of amides is 1. The van der Waals surface area contributed by atoms with Crippen molar-refractivity contribution in [2.75, 3.05) is 0 Å². The number of carbonyl (C=O) groups excluding carboxylic acids is 1. The molecule has 6 nitrogen and oxygen atoms in total. The van der Waals surface area contributed by atoms with E-state index in [9.17, 15) is 9.18 Å². The summed E-state index contributed by atoms with van der Waals surface area (Å²) in [5.41, 5.74) is 1.70. The summed E-state index contributed by atoms with van der Waals surface area (Å²) in [5, 5.41) is 14.8. The van der Waals surface area contributed by atoms with Crippen LogP contribution in [0.3, 0.4) is 0 Å². The molecule has 0 atom stereocenters. The molecule has 2 aromatic carbocycles. The summed E-state index contributed by atoms with van der Waals surface area (Å²) in [6.07, 6.45) is 1.51. The molecule has 1 aromatic heterocycles. The van der Waals surface area contributed by atoms with Gasteiger partial charge in [-0.1, -0.05) is 35.5 Å². The lowest BCUT2D eigenvalue weighted by atomic mass is 10.2. The lowest BCUT2D eigenvalue weighted by Gasteiger charge is -2.09. The third-order valence-corrected chi connectivity index (χ3v) is 3.89. The highest BCUT2D eigenvalue weighted by Crippen LogP contribution is 2.15. The Balaban J connectivity index is 1.53.